The predicted molar refractivity (Wildman–Crippen MR) is 82.9 cm³/mol. The van der Waals surface area contributed by atoms with Crippen LogP contribution in [0.25, 0.3) is 0 Å². The molecule has 0 aliphatic rings. The van der Waals surface area contributed by atoms with Crippen molar-refractivity contribution in [3.8, 4) is 0 Å². The molecule has 0 atom stereocenters. The van der Waals surface area contributed by atoms with Gasteiger partial charge in [-0.2, -0.15) is 13.2 Å². The number of nitrogens with zero attached hydrogens (tertiary/aromatic N) is 1. The molecule has 0 fully saturated rings. The van der Waals surface area contributed by atoms with Crippen molar-refractivity contribution in [1.82, 2.24) is 4.90 Å². The van der Waals surface area contributed by atoms with Crippen molar-refractivity contribution in [2.45, 2.75) is 26.1 Å². The molecule has 0 radical (unpaired) electrons. The van der Waals surface area contributed by atoms with Crippen molar-refractivity contribution >= 4 is 5.91 Å². The molecule has 2 nitrogen and oxygen atoms in total. The molecule has 0 aliphatic heterocycles. The fraction of sp³-hybridized carbons (Fsp3) is 0.278. The molecule has 0 aliphatic carbocycles. The molecular formula is C18H18F3NO. The Morgan fingerprint density at radius 3 is 2.35 bits per heavy atom. The van der Waals surface area contributed by atoms with Crippen LogP contribution in [0.2, 0.25) is 0 Å². The molecule has 23 heavy (non-hydrogen) atoms. The van der Waals surface area contributed by atoms with Crippen molar-refractivity contribution in [2.24, 2.45) is 0 Å². The minimum absolute atomic E-state index is 0.0595. The van der Waals surface area contributed by atoms with Gasteiger partial charge in [0.25, 0.3) is 5.91 Å². The third-order valence-electron chi connectivity index (χ3n) is 3.43. The quantitative estimate of drug-likeness (QED) is 0.777. The summed E-state index contributed by atoms with van der Waals surface area (Å²) < 4.78 is 38.4. The molecule has 2 aromatic rings. The van der Waals surface area contributed by atoms with Gasteiger partial charge in [0.15, 0.2) is 0 Å². The number of carbonyl (C=O) groups is 1. The number of rotatable bonds is 5. The van der Waals surface area contributed by atoms with Crippen molar-refractivity contribution in [3.05, 3.63) is 71.3 Å². The zero-order valence-electron chi connectivity index (χ0n) is 12.8. The van der Waals surface area contributed by atoms with Gasteiger partial charge in [0.1, 0.15) is 0 Å². The molecule has 0 spiro atoms. The summed E-state index contributed by atoms with van der Waals surface area (Å²) in [6.07, 6.45) is -3.72. The highest BCUT2D eigenvalue weighted by molar-refractivity contribution is 5.94. The molecule has 1 amide bonds. The van der Waals surface area contributed by atoms with Crippen LogP contribution in [0.5, 0.6) is 0 Å². The van der Waals surface area contributed by atoms with E-state index in [1.54, 1.807) is 4.90 Å². The van der Waals surface area contributed by atoms with Crippen LogP contribution >= 0.6 is 0 Å². The number of alkyl halides is 3. The summed E-state index contributed by atoms with van der Waals surface area (Å²) in [7, 11) is 0. The topological polar surface area (TPSA) is 20.3 Å². The first-order chi connectivity index (χ1) is 10.9. The minimum atomic E-state index is -4.45. The standard InChI is InChI=1S/C18H18F3NO/c1-2-11-22(13-14-7-4-3-5-8-14)17(23)15-9-6-10-16(12-15)18(19,20)21/h3-10,12H,2,11,13H2,1H3. The van der Waals surface area contributed by atoms with Crippen molar-refractivity contribution in [3.63, 3.8) is 0 Å². The largest absolute Gasteiger partial charge is 0.416 e. The van der Waals surface area contributed by atoms with Gasteiger partial charge >= 0.3 is 6.18 Å². The second-order valence-electron chi connectivity index (χ2n) is 5.29. The SMILES string of the molecule is CCCN(Cc1ccccc1)C(=O)c1cccc(C(F)(F)F)c1. The summed E-state index contributed by atoms with van der Waals surface area (Å²) in [6, 6.07) is 14.0. The van der Waals surface area contributed by atoms with Crippen molar-refractivity contribution in [1.29, 1.82) is 0 Å². The third kappa shape index (κ3) is 4.58. The molecule has 0 saturated heterocycles. The molecular weight excluding hydrogens is 303 g/mol. The van der Waals surface area contributed by atoms with E-state index in [4.69, 9.17) is 0 Å². The van der Waals surface area contributed by atoms with E-state index in [0.29, 0.717) is 13.1 Å². The summed E-state index contributed by atoms with van der Waals surface area (Å²) >= 11 is 0. The zero-order valence-corrected chi connectivity index (χ0v) is 12.8. The van der Waals surface area contributed by atoms with Crippen LogP contribution in [-0.4, -0.2) is 17.4 Å². The van der Waals surface area contributed by atoms with E-state index in [2.05, 4.69) is 0 Å². The van der Waals surface area contributed by atoms with Crippen LogP contribution in [0.1, 0.15) is 34.8 Å². The molecule has 0 unspecified atom stereocenters. The first-order valence-corrected chi connectivity index (χ1v) is 7.42. The van der Waals surface area contributed by atoms with Crippen LogP contribution in [0.4, 0.5) is 13.2 Å². The lowest BCUT2D eigenvalue weighted by atomic mass is 10.1. The second-order valence-corrected chi connectivity index (χ2v) is 5.29. The van der Waals surface area contributed by atoms with Gasteiger partial charge in [0.05, 0.1) is 5.56 Å². The number of benzene rings is 2. The van der Waals surface area contributed by atoms with Gasteiger partial charge in [0, 0.05) is 18.7 Å². The normalized spacial score (nSPS) is 11.3. The molecule has 0 heterocycles. The summed E-state index contributed by atoms with van der Waals surface area (Å²) in [4.78, 5) is 14.2. The molecule has 2 rings (SSSR count). The van der Waals surface area contributed by atoms with E-state index in [-0.39, 0.29) is 11.5 Å². The molecule has 5 heteroatoms. The van der Waals surface area contributed by atoms with Crippen LogP contribution in [-0.2, 0) is 12.7 Å². The average molecular weight is 321 g/mol. The highest BCUT2D eigenvalue weighted by atomic mass is 19.4. The number of carbonyl (C=O) groups excluding carboxylic acids is 1. The van der Waals surface area contributed by atoms with Crippen molar-refractivity contribution < 1.29 is 18.0 Å². The van der Waals surface area contributed by atoms with E-state index < -0.39 is 11.7 Å². The van der Waals surface area contributed by atoms with Gasteiger partial charge in [-0.05, 0) is 30.2 Å². The minimum Gasteiger partial charge on any atom is -0.334 e. The Morgan fingerprint density at radius 1 is 1.04 bits per heavy atom. The predicted octanol–water partition coefficient (Wildman–Crippen LogP) is 4.76. The average Bonchev–Trinajstić information content (AvgIpc) is 2.54. The van der Waals surface area contributed by atoms with Gasteiger partial charge in [-0.15, -0.1) is 0 Å². The number of hydrogen-bond donors (Lipinski definition) is 0. The fourth-order valence-electron chi connectivity index (χ4n) is 2.34. The Bertz CT molecular complexity index is 653. The molecule has 0 aromatic heterocycles. The van der Waals surface area contributed by atoms with Crippen molar-refractivity contribution in [2.75, 3.05) is 6.54 Å². The molecule has 0 bridgehead atoms. The third-order valence-corrected chi connectivity index (χ3v) is 3.43. The highest BCUT2D eigenvalue weighted by Gasteiger charge is 2.31. The smallest absolute Gasteiger partial charge is 0.334 e. The second kappa shape index (κ2) is 7.31. The van der Waals surface area contributed by atoms with E-state index in [1.807, 2.05) is 37.3 Å². The summed E-state index contributed by atoms with van der Waals surface area (Å²) in [5.74, 6) is -0.387. The summed E-state index contributed by atoms with van der Waals surface area (Å²) in [6.45, 7) is 2.80. The molecule has 0 saturated carbocycles. The maximum absolute atomic E-state index is 12.8. The monoisotopic (exact) mass is 321 g/mol. The first-order valence-electron chi connectivity index (χ1n) is 7.42. The Morgan fingerprint density at radius 2 is 1.74 bits per heavy atom. The molecule has 122 valence electrons. The Hall–Kier alpha value is -2.30. The van der Waals surface area contributed by atoms with Gasteiger partial charge in [-0.1, -0.05) is 43.3 Å². The van der Waals surface area contributed by atoms with Crippen LogP contribution in [0.3, 0.4) is 0 Å². The molecule has 0 N–H and O–H groups in total. The summed E-state index contributed by atoms with van der Waals surface area (Å²) in [5, 5.41) is 0. The van der Waals surface area contributed by atoms with E-state index >= 15 is 0 Å². The van der Waals surface area contributed by atoms with Gasteiger partial charge in [0.2, 0.25) is 0 Å². The van der Waals surface area contributed by atoms with Crippen LogP contribution in [0.15, 0.2) is 54.6 Å². The van der Waals surface area contributed by atoms with Gasteiger partial charge in [-0.25, -0.2) is 0 Å². The molecule has 2 aromatic carbocycles. The van der Waals surface area contributed by atoms with Crippen LogP contribution < -0.4 is 0 Å². The lowest BCUT2D eigenvalue weighted by Gasteiger charge is -2.23. The lowest BCUT2D eigenvalue weighted by Crippen LogP contribution is -2.31. The fourth-order valence-corrected chi connectivity index (χ4v) is 2.34. The van der Waals surface area contributed by atoms with Crippen LogP contribution in [0, 0.1) is 0 Å². The van der Waals surface area contributed by atoms with E-state index in [1.165, 1.54) is 12.1 Å². The number of halogens is 3. The Balaban J connectivity index is 2.24. The first kappa shape index (κ1) is 17.1. The zero-order chi connectivity index (χ0) is 16.9. The number of hydrogen-bond acceptors (Lipinski definition) is 1. The van der Waals surface area contributed by atoms with E-state index in [0.717, 1.165) is 24.1 Å². The highest BCUT2D eigenvalue weighted by Crippen LogP contribution is 2.29. The Labute approximate surface area is 133 Å². The van der Waals surface area contributed by atoms with Gasteiger partial charge in [-0.3, -0.25) is 4.79 Å². The Kier molecular flexibility index (Phi) is 5.42. The van der Waals surface area contributed by atoms with E-state index in [9.17, 15) is 18.0 Å². The maximum Gasteiger partial charge on any atom is 0.416 e. The number of amides is 1. The van der Waals surface area contributed by atoms with Gasteiger partial charge < -0.3 is 4.90 Å². The maximum atomic E-state index is 12.8. The summed E-state index contributed by atoms with van der Waals surface area (Å²) in [5.41, 5.74) is 0.199. The lowest BCUT2D eigenvalue weighted by molar-refractivity contribution is -0.137.